The Hall–Kier alpha value is -1.65. The maximum atomic E-state index is 12.9. The van der Waals surface area contributed by atoms with Crippen LogP contribution in [-0.2, 0) is 27.5 Å². The number of nitrogens with zero attached hydrogens (tertiary/aromatic N) is 3. The summed E-state index contributed by atoms with van der Waals surface area (Å²) < 4.78 is 63.2. The molecular formula is C19H26F3N3O3S. The van der Waals surface area contributed by atoms with Gasteiger partial charge in [-0.2, -0.15) is 17.5 Å². The summed E-state index contributed by atoms with van der Waals surface area (Å²) in [6.45, 7) is 3.25. The molecule has 0 spiro atoms. The van der Waals surface area contributed by atoms with E-state index in [4.69, 9.17) is 0 Å². The quantitative estimate of drug-likeness (QED) is 0.730. The molecule has 10 heteroatoms. The van der Waals surface area contributed by atoms with Crippen molar-refractivity contribution in [1.29, 1.82) is 0 Å². The van der Waals surface area contributed by atoms with Crippen LogP contribution in [0.15, 0.2) is 24.3 Å². The molecule has 0 aliphatic carbocycles. The van der Waals surface area contributed by atoms with Crippen molar-refractivity contribution in [2.45, 2.75) is 38.0 Å². The third kappa shape index (κ3) is 5.49. The Labute approximate surface area is 169 Å². The maximum absolute atomic E-state index is 12.9. The van der Waals surface area contributed by atoms with Crippen LogP contribution in [0.2, 0.25) is 0 Å². The predicted molar refractivity (Wildman–Crippen MR) is 102 cm³/mol. The first-order chi connectivity index (χ1) is 13.6. The van der Waals surface area contributed by atoms with E-state index < -0.39 is 27.8 Å². The molecule has 1 unspecified atom stereocenters. The summed E-state index contributed by atoms with van der Waals surface area (Å²) in [4.78, 5) is 16.7. The summed E-state index contributed by atoms with van der Waals surface area (Å²) in [5, 5.41) is 0. The van der Waals surface area contributed by atoms with Gasteiger partial charge >= 0.3 is 6.18 Å². The monoisotopic (exact) mass is 433 g/mol. The molecule has 0 saturated carbocycles. The van der Waals surface area contributed by atoms with E-state index in [9.17, 15) is 26.4 Å². The second-order valence-electron chi connectivity index (χ2n) is 7.68. The first-order valence-corrected chi connectivity index (χ1v) is 11.5. The second kappa shape index (κ2) is 8.61. The van der Waals surface area contributed by atoms with Crippen molar-refractivity contribution in [3.8, 4) is 0 Å². The minimum Gasteiger partial charge on any atom is -0.340 e. The number of benzene rings is 1. The summed E-state index contributed by atoms with van der Waals surface area (Å²) >= 11 is 0. The summed E-state index contributed by atoms with van der Waals surface area (Å²) in [7, 11) is -3.41. The number of alkyl halides is 3. The van der Waals surface area contributed by atoms with E-state index >= 15 is 0 Å². The SMILES string of the molecule is CS(=O)(=O)N1CCCC1C(=O)N1CCCN(Cc2ccc(C(F)(F)F)cc2)CC1. The Kier molecular flexibility index (Phi) is 6.54. The summed E-state index contributed by atoms with van der Waals surface area (Å²) in [6.07, 6.45) is -1.26. The van der Waals surface area contributed by atoms with Crippen molar-refractivity contribution >= 4 is 15.9 Å². The fourth-order valence-electron chi connectivity index (χ4n) is 4.00. The molecule has 0 N–H and O–H groups in total. The summed E-state index contributed by atoms with van der Waals surface area (Å²) in [5.74, 6) is -0.149. The van der Waals surface area contributed by atoms with Crippen LogP contribution in [0.4, 0.5) is 13.2 Å². The van der Waals surface area contributed by atoms with Crippen molar-refractivity contribution in [2.24, 2.45) is 0 Å². The first kappa shape index (κ1) is 22.0. The molecule has 1 amide bonds. The molecule has 2 aliphatic rings. The number of sulfonamides is 1. The molecule has 0 bridgehead atoms. The molecule has 6 nitrogen and oxygen atoms in total. The van der Waals surface area contributed by atoms with Crippen LogP contribution in [0.5, 0.6) is 0 Å². The zero-order chi connectivity index (χ0) is 21.2. The Morgan fingerprint density at radius 1 is 1.03 bits per heavy atom. The van der Waals surface area contributed by atoms with Gasteiger partial charge in [-0.15, -0.1) is 0 Å². The van der Waals surface area contributed by atoms with Gasteiger partial charge in [0.05, 0.1) is 11.8 Å². The van der Waals surface area contributed by atoms with Crippen LogP contribution in [0.1, 0.15) is 30.4 Å². The highest BCUT2D eigenvalue weighted by Gasteiger charge is 2.38. The van der Waals surface area contributed by atoms with Gasteiger partial charge in [0.1, 0.15) is 6.04 Å². The average molecular weight is 433 g/mol. The number of hydrogen-bond donors (Lipinski definition) is 0. The molecule has 2 heterocycles. The van der Waals surface area contributed by atoms with E-state index in [1.807, 2.05) is 0 Å². The van der Waals surface area contributed by atoms with Gasteiger partial charge in [-0.05, 0) is 37.0 Å². The van der Waals surface area contributed by atoms with Crippen LogP contribution in [0.3, 0.4) is 0 Å². The molecule has 2 aliphatic heterocycles. The minimum atomic E-state index is -4.35. The normalized spacial score (nSPS) is 22.6. The molecule has 0 aromatic heterocycles. The highest BCUT2D eigenvalue weighted by molar-refractivity contribution is 7.88. The molecule has 0 radical (unpaired) electrons. The first-order valence-electron chi connectivity index (χ1n) is 9.70. The average Bonchev–Trinajstić information content (AvgIpc) is 3.03. The smallest absolute Gasteiger partial charge is 0.340 e. The van der Waals surface area contributed by atoms with E-state index in [0.717, 1.165) is 36.9 Å². The maximum Gasteiger partial charge on any atom is 0.416 e. The van der Waals surface area contributed by atoms with E-state index in [2.05, 4.69) is 4.90 Å². The fraction of sp³-hybridized carbons (Fsp3) is 0.632. The molecule has 1 atom stereocenters. The highest BCUT2D eigenvalue weighted by Crippen LogP contribution is 2.29. The minimum absolute atomic E-state index is 0.149. The van der Waals surface area contributed by atoms with Gasteiger partial charge in [-0.25, -0.2) is 8.42 Å². The zero-order valence-electron chi connectivity index (χ0n) is 16.4. The fourth-order valence-corrected chi connectivity index (χ4v) is 5.12. The third-order valence-corrected chi connectivity index (χ3v) is 6.79. The lowest BCUT2D eigenvalue weighted by atomic mass is 10.1. The van der Waals surface area contributed by atoms with Gasteiger partial charge in [0.25, 0.3) is 0 Å². The van der Waals surface area contributed by atoms with E-state index in [1.165, 1.54) is 16.4 Å². The summed E-state index contributed by atoms with van der Waals surface area (Å²) in [6, 6.07) is 4.52. The topological polar surface area (TPSA) is 60.9 Å². The van der Waals surface area contributed by atoms with Crippen LogP contribution in [-0.4, -0.2) is 73.5 Å². The van der Waals surface area contributed by atoms with Gasteiger partial charge in [-0.1, -0.05) is 12.1 Å². The van der Waals surface area contributed by atoms with Gasteiger partial charge in [0, 0.05) is 39.3 Å². The van der Waals surface area contributed by atoms with E-state index in [-0.39, 0.29) is 5.91 Å². The Bertz CT molecular complexity index is 827. The van der Waals surface area contributed by atoms with Crippen molar-refractivity contribution < 1.29 is 26.4 Å². The molecule has 2 saturated heterocycles. The third-order valence-electron chi connectivity index (χ3n) is 5.50. The number of amides is 1. The molecule has 29 heavy (non-hydrogen) atoms. The molecule has 1 aromatic rings. The van der Waals surface area contributed by atoms with Crippen LogP contribution in [0, 0.1) is 0 Å². The molecule has 162 valence electrons. The molecule has 2 fully saturated rings. The van der Waals surface area contributed by atoms with Crippen LogP contribution in [0.25, 0.3) is 0 Å². The van der Waals surface area contributed by atoms with Gasteiger partial charge in [0.15, 0.2) is 0 Å². The van der Waals surface area contributed by atoms with Gasteiger partial charge in [-0.3, -0.25) is 9.69 Å². The standard InChI is InChI=1S/C19H26F3N3O3S/c1-29(27,28)25-11-2-4-17(25)18(26)24-10-3-9-23(12-13-24)14-15-5-7-16(8-6-15)19(20,21)22/h5-8,17H,2-4,9-14H2,1H3. The largest absolute Gasteiger partial charge is 0.416 e. The van der Waals surface area contributed by atoms with Gasteiger partial charge in [0.2, 0.25) is 15.9 Å². The number of rotatable bonds is 4. The van der Waals surface area contributed by atoms with Crippen molar-refractivity contribution in [2.75, 3.05) is 39.0 Å². The number of halogens is 3. The van der Waals surface area contributed by atoms with Crippen molar-refractivity contribution in [3.05, 3.63) is 35.4 Å². The van der Waals surface area contributed by atoms with Crippen molar-refractivity contribution in [1.82, 2.24) is 14.1 Å². The van der Waals surface area contributed by atoms with Crippen LogP contribution >= 0.6 is 0 Å². The Balaban J connectivity index is 1.58. The van der Waals surface area contributed by atoms with E-state index in [0.29, 0.717) is 45.6 Å². The Morgan fingerprint density at radius 3 is 2.34 bits per heavy atom. The lowest BCUT2D eigenvalue weighted by molar-refractivity contribution is -0.137. The molecule has 1 aromatic carbocycles. The van der Waals surface area contributed by atoms with Crippen LogP contribution < -0.4 is 0 Å². The molecule has 3 rings (SSSR count). The lowest BCUT2D eigenvalue weighted by Gasteiger charge is -2.28. The number of carbonyl (C=O) groups excluding carboxylic acids is 1. The second-order valence-corrected chi connectivity index (χ2v) is 9.62. The van der Waals surface area contributed by atoms with Gasteiger partial charge < -0.3 is 4.90 Å². The number of carbonyl (C=O) groups is 1. The summed E-state index contributed by atoms with van der Waals surface area (Å²) in [5.41, 5.74) is 0.123. The van der Waals surface area contributed by atoms with E-state index in [1.54, 1.807) is 4.90 Å². The zero-order valence-corrected chi connectivity index (χ0v) is 17.2. The number of hydrogen-bond acceptors (Lipinski definition) is 4. The predicted octanol–water partition coefficient (Wildman–Crippen LogP) is 2.16. The highest BCUT2D eigenvalue weighted by atomic mass is 32.2. The Morgan fingerprint density at radius 2 is 1.72 bits per heavy atom. The lowest BCUT2D eigenvalue weighted by Crippen LogP contribution is -2.48. The van der Waals surface area contributed by atoms with Crippen molar-refractivity contribution in [3.63, 3.8) is 0 Å². The molecular weight excluding hydrogens is 407 g/mol.